The van der Waals surface area contributed by atoms with E-state index in [-0.39, 0.29) is 18.3 Å². The lowest BCUT2D eigenvalue weighted by molar-refractivity contribution is -0.116. The van der Waals surface area contributed by atoms with Gasteiger partial charge in [-0.1, -0.05) is 6.07 Å². The standard InChI is InChI=1S/C16H21BrO3S/c17-14-9-12(11-18)1-2-15(14)20-13-3-6-19-16(10-13)4-7-21-8-5-16/h1-2,9,13,18H,3-8,10-11H2. The molecule has 2 heterocycles. The molecule has 2 fully saturated rings. The summed E-state index contributed by atoms with van der Waals surface area (Å²) in [6.07, 6.45) is 4.44. The Hall–Kier alpha value is -0.230. The van der Waals surface area contributed by atoms with Gasteiger partial charge in [-0.15, -0.1) is 0 Å². The molecule has 0 amide bonds. The van der Waals surface area contributed by atoms with E-state index in [9.17, 15) is 0 Å². The SMILES string of the molecule is OCc1ccc(OC2CCOC3(CCSCC3)C2)c(Br)c1. The quantitative estimate of drug-likeness (QED) is 0.876. The summed E-state index contributed by atoms with van der Waals surface area (Å²) >= 11 is 5.55. The zero-order chi connectivity index (χ0) is 14.7. The normalized spacial score (nSPS) is 25.0. The van der Waals surface area contributed by atoms with Gasteiger partial charge in [-0.05, 0) is 58.0 Å². The van der Waals surface area contributed by atoms with E-state index < -0.39 is 0 Å². The second-order valence-electron chi connectivity index (χ2n) is 5.80. The summed E-state index contributed by atoms with van der Waals surface area (Å²) in [7, 11) is 0. The Bertz CT molecular complexity index is 483. The molecular weight excluding hydrogens is 352 g/mol. The minimum atomic E-state index is 0.0473. The maximum atomic E-state index is 9.16. The second kappa shape index (κ2) is 6.90. The monoisotopic (exact) mass is 372 g/mol. The molecule has 1 aromatic carbocycles. The molecule has 116 valence electrons. The first kappa shape index (κ1) is 15.7. The van der Waals surface area contributed by atoms with E-state index in [2.05, 4.69) is 15.9 Å². The molecule has 5 heteroatoms. The van der Waals surface area contributed by atoms with Crippen molar-refractivity contribution < 1.29 is 14.6 Å². The number of aliphatic hydroxyl groups excluding tert-OH is 1. The van der Waals surface area contributed by atoms with E-state index in [0.717, 1.165) is 48.1 Å². The third kappa shape index (κ3) is 3.76. The average Bonchev–Trinajstić information content (AvgIpc) is 2.50. The van der Waals surface area contributed by atoms with Crippen LogP contribution >= 0.6 is 27.7 Å². The Morgan fingerprint density at radius 2 is 2.19 bits per heavy atom. The highest BCUT2D eigenvalue weighted by Crippen LogP contribution is 2.39. The van der Waals surface area contributed by atoms with Gasteiger partial charge in [-0.2, -0.15) is 11.8 Å². The van der Waals surface area contributed by atoms with Crippen molar-refractivity contribution in [3.63, 3.8) is 0 Å². The first-order valence-electron chi connectivity index (χ1n) is 7.48. The zero-order valence-corrected chi connectivity index (χ0v) is 14.4. The van der Waals surface area contributed by atoms with Crippen LogP contribution in [0, 0.1) is 0 Å². The fourth-order valence-electron chi connectivity index (χ4n) is 3.09. The average molecular weight is 373 g/mol. The van der Waals surface area contributed by atoms with Crippen LogP contribution in [0.2, 0.25) is 0 Å². The van der Waals surface area contributed by atoms with E-state index in [1.54, 1.807) is 0 Å². The number of benzene rings is 1. The highest BCUT2D eigenvalue weighted by molar-refractivity contribution is 9.10. The van der Waals surface area contributed by atoms with Crippen LogP contribution in [0.4, 0.5) is 0 Å². The Morgan fingerprint density at radius 1 is 1.38 bits per heavy atom. The second-order valence-corrected chi connectivity index (χ2v) is 7.88. The van der Waals surface area contributed by atoms with Gasteiger partial charge < -0.3 is 14.6 Å². The Balaban J connectivity index is 1.67. The van der Waals surface area contributed by atoms with Gasteiger partial charge in [0, 0.05) is 12.8 Å². The maximum Gasteiger partial charge on any atom is 0.133 e. The van der Waals surface area contributed by atoms with Crippen LogP contribution in [0.1, 0.15) is 31.2 Å². The predicted octanol–water partition coefficient (Wildman–Crippen LogP) is 3.77. The first-order chi connectivity index (χ1) is 10.2. The van der Waals surface area contributed by atoms with E-state index in [1.807, 2.05) is 30.0 Å². The first-order valence-corrected chi connectivity index (χ1v) is 9.43. The van der Waals surface area contributed by atoms with Gasteiger partial charge in [-0.25, -0.2) is 0 Å². The van der Waals surface area contributed by atoms with Crippen molar-refractivity contribution in [2.45, 2.75) is 44.0 Å². The third-order valence-electron chi connectivity index (χ3n) is 4.32. The van der Waals surface area contributed by atoms with E-state index in [1.165, 1.54) is 11.5 Å². The molecule has 2 aliphatic heterocycles. The summed E-state index contributed by atoms with van der Waals surface area (Å²) in [6.45, 7) is 0.846. The van der Waals surface area contributed by atoms with E-state index >= 15 is 0 Å². The molecule has 1 spiro atoms. The molecule has 1 atom stereocenters. The predicted molar refractivity (Wildman–Crippen MR) is 89.0 cm³/mol. The number of thioether (sulfide) groups is 1. The maximum absolute atomic E-state index is 9.16. The van der Waals surface area contributed by atoms with Crippen LogP contribution in [-0.2, 0) is 11.3 Å². The molecule has 21 heavy (non-hydrogen) atoms. The van der Waals surface area contributed by atoms with E-state index in [4.69, 9.17) is 14.6 Å². The van der Waals surface area contributed by atoms with Crippen molar-refractivity contribution in [1.82, 2.24) is 0 Å². The Kier molecular flexibility index (Phi) is 5.15. The molecule has 0 bridgehead atoms. The van der Waals surface area contributed by atoms with Crippen molar-refractivity contribution in [2.24, 2.45) is 0 Å². The molecule has 1 unspecified atom stereocenters. The minimum Gasteiger partial charge on any atom is -0.489 e. The van der Waals surface area contributed by atoms with Crippen LogP contribution in [0.3, 0.4) is 0 Å². The van der Waals surface area contributed by atoms with Crippen LogP contribution in [-0.4, -0.2) is 34.9 Å². The third-order valence-corrected chi connectivity index (χ3v) is 5.93. The molecule has 1 N–H and O–H groups in total. The van der Waals surface area contributed by atoms with Crippen molar-refractivity contribution in [3.8, 4) is 5.75 Å². The van der Waals surface area contributed by atoms with Gasteiger partial charge in [0.15, 0.2) is 0 Å². The molecular formula is C16H21BrO3S. The molecule has 2 aliphatic rings. The number of halogens is 1. The largest absolute Gasteiger partial charge is 0.489 e. The lowest BCUT2D eigenvalue weighted by atomic mass is 9.86. The van der Waals surface area contributed by atoms with Gasteiger partial charge in [0.25, 0.3) is 0 Å². The molecule has 3 rings (SSSR count). The number of rotatable bonds is 3. The highest BCUT2D eigenvalue weighted by atomic mass is 79.9. The van der Waals surface area contributed by atoms with Gasteiger partial charge >= 0.3 is 0 Å². The molecule has 0 saturated carbocycles. The number of hydrogen-bond acceptors (Lipinski definition) is 4. The summed E-state index contributed by atoms with van der Waals surface area (Å²) in [6, 6.07) is 5.77. The van der Waals surface area contributed by atoms with Crippen molar-refractivity contribution >= 4 is 27.7 Å². The summed E-state index contributed by atoms with van der Waals surface area (Å²) in [5.74, 6) is 3.25. The fraction of sp³-hybridized carbons (Fsp3) is 0.625. The van der Waals surface area contributed by atoms with Crippen LogP contribution in [0.5, 0.6) is 5.75 Å². The number of aliphatic hydroxyl groups is 1. The molecule has 0 aliphatic carbocycles. The van der Waals surface area contributed by atoms with Gasteiger partial charge in [0.1, 0.15) is 11.9 Å². The van der Waals surface area contributed by atoms with Crippen LogP contribution in [0.15, 0.2) is 22.7 Å². The van der Waals surface area contributed by atoms with Crippen molar-refractivity contribution in [2.75, 3.05) is 18.1 Å². The minimum absolute atomic E-state index is 0.0473. The highest BCUT2D eigenvalue weighted by Gasteiger charge is 2.39. The molecule has 0 aromatic heterocycles. The molecule has 3 nitrogen and oxygen atoms in total. The van der Waals surface area contributed by atoms with Gasteiger partial charge in [0.2, 0.25) is 0 Å². The van der Waals surface area contributed by atoms with Crippen molar-refractivity contribution in [1.29, 1.82) is 0 Å². The van der Waals surface area contributed by atoms with Gasteiger partial charge in [0.05, 0.1) is 23.3 Å². The molecule has 1 aromatic rings. The summed E-state index contributed by atoms with van der Waals surface area (Å²) < 4.78 is 13.2. The number of ether oxygens (including phenoxy) is 2. The Labute approximate surface area is 138 Å². The summed E-state index contributed by atoms with van der Waals surface area (Å²) in [5, 5.41) is 9.16. The van der Waals surface area contributed by atoms with Crippen LogP contribution < -0.4 is 4.74 Å². The summed E-state index contributed by atoms with van der Waals surface area (Å²) in [5.41, 5.74) is 0.938. The Morgan fingerprint density at radius 3 is 2.90 bits per heavy atom. The lowest BCUT2D eigenvalue weighted by Crippen LogP contribution is -2.46. The summed E-state index contributed by atoms with van der Waals surface area (Å²) in [4.78, 5) is 0. The number of hydrogen-bond donors (Lipinski definition) is 1. The topological polar surface area (TPSA) is 38.7 Å². The molecule has 2 saturated heterocycles. The smallest absolute Gasteiger partial charge is 0.133 e. The zero-order valence-electron chi connectivity index (χ0n) is 12.0. The molecule has 0 radical (unpaired) electrons. The fourth-order valence-corrected chi connectivity index (χ4v) is 4.85. The van der Waals surface area contributed by atoms with Gasteiger partial charge in [-0.3, -0.25) is 0 Å². The van der Waals surface area contributed by atoms with E-state index in [0.29, 0.717) is 0 Å². The van der Waals surface area contributed by atoms with Crippen molar-refractivity contribution in [3.05, 3.63) is 28.2 Å². The van der Waals surface area contributed by atoms with Crippen LogP contribution in [0.25, 0.3) is 0 Å². The lowest BCUT2D eigenvalue weighted by Gasteiger charge is -2.43.